The van der Waals surface area contributed by atoms with Gasteiger partial charge < -0.3 is 0 Å². The highest BCUT2D eigenvalue weighted by molar-refractivity contribution is 6.12. The Labute approximate surface area is 170 Å². The predicted octanol–water partition coefficient (Wildman–Crippen LogP) is 4.72. The molecule has 148 valence electrons. The van der Waals surface area contributed by atoms with E-state index in [-0.39, 0.29) is 22.5 Å². The van der Waals surface area contributed by atoms with Gasteiger partial charge in [-0.15, -0.1) is 0 Å². The van der Waals surface area contributed by atoms with Crippen LogP contribution in [-0.2, 0) is 0 Å². The number of rotatable bonds is 7. The standard InChI is InChI=1S/C22H14N2O6/c25-14-17-2-1-3-21(22(26)16-7-11-19(12-8-16)24(29)30)20(17)13-6-15-4-9-18(10-5-15)23(27)28/h1-14H/b13-6+. The lowest BCUT2D eigenvalue weighted by Gasteiger charge is -2.08. The molecule has 8 nitrogen and oxygen atoms in total. The Hall–Kier alpha value is -4.46. The molecule has 0 aromatic heterocycles. The normalized spacial score (nSPS) is 10.7. The molecule has 3 aromatic rings. The number of carbonyl (C=O) groups is 2. The number of benzene rings is 3. The quantitative estimate of drug-likeness (QED) is 0.185. The van der Waals surface area contributed by atoms with Crippen LogP contribution in [0.2, 0.25) is 0 Å². The van der Waals surface area contributed by atoms with E-state index in [0.29, 0.717) is 23.0 Å². The third kappa shape index (κ3) is 4.33. The van der Waals surface area contributed by atoms with E-state index in [2.05, 4.69) is 0 Å². The van der Waals surface area contributed by atoms with Crippen molar-refractivity contribution in [3.8, 4) is 0 Å². The van der Waals surface area contributed by atoms with Crippen LogP contribution >= 0.6 is 0 Å². The monoisotopic (exact) mass is 402 g/mol. The van der Waals surface area contributed by atoms with E-state index in [4.69, 9.17) is 0 Å². The van der Waals surface area contributed by atoms with Crippen molar-refractivity contribution in [2.75, 3.05) is 0 Å². The molecule has 0 radical (unpaired) electrons. The molecule has 0 spiro atoms. The number of hydrogen-bond donors (Lipinski definition) is 0. The lowest BCUT2D eigenvalue weighted by Crippen LogP contribution is -2.06. The average molecular weight is 402 g/mol. The number of aldehydes is 1. The summed E-state index contributed by atoms with van der Waals surface area (Å²) in [5.74, 6) is -0.392. The Kier molecular flexibility index (Phi) is 5.88. The first-order chi connectivity index (χ1) is 14.4. The summed E-state index contributed by atoms with van der Waals surface area (Å²) in [4.78, 5) is 45.0. The van der Waals surface area contributed by atoms with Crippen molar-refractivity contribution in [2.24, 2.45) is 0 Å². The van der Waals surface area contributed by atoms with Gasteiger partial charge in [-0.05, 0) is 35.4 Å². The minimum Gasteiger partial charge on any atom is -0.298 e. The molecular weight excluding hydrogens is 388 g/mol. The van der Waals surface area contributed by atoms with E-state index in [1.165, 1.54) is 36.4 Å². The Bertz CT molecular complexity index is 1170. The second-order valence-electron chi connectivity index (χ2n) is 6.24. The van der Waals surface area contributed by atoms with Gasteiger partial charge in [0.15, 0.2) is 12.1 Å². The van der Waals surface area contributed by atoms with Gasteiger partial charge in [-0.25, -0.2) is 0 Å². The van der Waals surface area contributed by atoms with E-state index in [1.54, 1.807) is 42.5 Å². The first-order valence-electron chi connectivity index (χ1n) is 8.70. The molecule has 3 rings (SSSR count). The summed E-state index contributed by atoms with van der Waals surface area (Å²) >= 11 is 0. The summed E-state index contributed by atoms with van der Waals surface area (Å²) < 4.78 is 0. The van der Waals surface area contributed by atoms with Gasteiger partial charge >= 0.3 is 0 Å². The Morgan fingerprint density at radius 2 is 1.33 bits per heavy atom. The van der Waals surface area contributed by atoms with Crippen LogP contribution in [0, 0.1) is 20.2 Å². The molecule has 8 heteroatoms. The van der Waals surface area contributed by atoms with Gasteiger partial charge in [-0.2, -0.15) is 0 Å². The van der Waals surface area contributed by atoms with Crippen LogP contribution in [0.15, 0.2) is 66.7 Å². The Balaban J connectivity index is 1.98. The minimum atomic E-state index is -0.556. The summed E-state index contributed by atoms with van der Waals surface area (Å²) in [5.41, 5.74) is 1.64. The molecule has 30 heavy (non-hydrogen) atoms. The number of hydrogen-bond acceptors (Lipinski definition) is 6. The highest BCUT2D eigenvalue weighted by atomic mass is 16.6. The molecule has 0 amide bonds. The van der Waals surface area contributed by atoms with Crippen molar-refractivity contribution in [1.29, 1.82) is 0 Å². The van der Waals surface area contributed by atoms with Gasteiger partial charge in [-0.3, -0.25) is 29.8 Å². The van der Waals surface area contributed by atoms with Crippen LogP contribution < -0.4 is 0 Å². The second kappa shape index (κ2) is 8.70. The molecule has 0 heterocycles. The molecule has 0 atom stereocenters. The molecule has 0 aliphatic carbocycles. The zero-order valence-electron chi connectivity index (χ0n) is 15.4. The summed E-state index contributed by atoms with van der Waals surface area (Å²) in [5, 5.41) is 21.6. The number of ketones is 1. The summed E-state index contributed by atoms with van der Waals surface area (Å²) in [6, 6.07) is 15.7. The fourth-order valence-electron chi connectivity index (χ4n) is 2.85. The lowest BCUT2D eigenvalue weighted by atomic mass is 9.94. The first kappa shape index (κ1) is 20.3. The van der Waals surface area contributed by atoms with Gasteiger partial charge in [0.1, 0.15) is 0 Å². The number of nitro groups is 2. The maximum Gasteiger partial charge on any atom is 0.269 e. The minimum absolute atomic E-state index is 0.0468. The van der Waals surface area contributed by atoms with Crippen molar-refractivity contribution in [3.63, 3.8) is 0 Å². The first-order valence-corrected chi connectivity index (χ1v) is 8.70. The molecule has 3 aromatic carbocycles. The van der Waals surface area contributed by atoms with E-state index >= 15 is 0 Å². The largest absolute Gasteiger partial charge is 0.298 e. The third-order valence-corrected chi connectivity index (χ3v) is 4.40. The number of nitro benzene ring substituents is 2. The van der Waals surface area contributed by atoms with Gasteiger partial charge in [0.25, 0.3) is 11.4 Å². The molecule has 0 aliphatic rings. The zero-order valence-corrected chi connectivity index (χ0v) is 15.4. The Morgan fingerprint density at radius 1 is 0.767 bits per heavy atom. The summed E-state index contributed by atoms with van der Waals surface area (Å²) in [7, 11) is 0. The van der Waals surface area contributed by atoms with Crippen LogP contribution in [0.4, 0.5) is 11.4 Å². The zero-order chi connectivity index (χ0) is 21.7. The average Bonchev–Trinajstić information content (AvgIpc) is 2.77. The van der Waals surface area contributed by atoms with Gasteiger partial charge in [0, 0.05) is 41.0 Å². The van der Waals surface area contributed by atoms with E-state index in [9.17, 15) is 29.8 Å². The smallest absolute Gasteiger partial charge is 0.269 e. The molecule has 0 saturated heterocycles. The van der Waals surface area contributed by atoms with Crippen molar-refractivity contribution < 1.29 is 19.4 Å². The topological polar surface area (TPSA) is 120 Å². The van der Waals surface area contributed by atoms with Gasteiger partial charge in [0.05, 0.1) is 9.85 Å². The molecule has 0 aliphatic heterocycles. The van der Waals surface area contributed by atoms with E-state index in [1.807, 2.05) is 0 Å². The highest BCUT2D eigenvalue weighted by Gasteiger charge is 2.16. The molecule has 0 N–H and O–H groups in total. The van der Waals surface area contributed by atoms with Crippen molar-refractivity contribution in [3.05, 3.63) is 115 Å². The third-order valence-electron chi connectivity index (χ3n) is 4.40. The van der Waals surface area contributed by atoms with Crippen molar-refractivity contribution in [1.82, 2.24) is 0 Å². The van der Waals surface area contributed by atoms with Crippen molar-refractivity contribution >= 4 is 35.6 Å². The number of carbonyl (C=O) groups excluding carboxylic acids is 2. The second-order valence-corrected chi connectivity index (χ2v) is 6.24. The maximum atomic E-state index is 13.0. The van der Waals surface area contributed by atoms with E-state index < -0.39 is 15.6 Å². The molecule has 0 fully saturated rings. The predicted molar refractivity (Wildman–Crippen MR) is 110 cm³/mol. The molecule has 0 bridgehead atoms. The number of nitrogens with zero attached hydrogens (tertiary/aromatic N) is 2. The SMILES string of the molecule is O=Cc1cccc(C(=O)c2ccc([N+](=O)[O-])cc2)c1/C=C/c1ccc([N+](=O)[O-])cc1. The maximum absolute atomic E-state index is 13.0. The molecule has 0 unspecified atom stereocenters. The van der Waals surface area contributed by atoms with Crippen molar-refractivity contribution in [2.45, 2.75) is 0 Å². The van der Waals surface area contributed by atoms with Gasteiger partial charge in [-0.1, -0.05) is 30.4 Å². The highest BCUT2D eigenvalue weighted by Crippen LogP contribution is 2.22. The summed E-state index contributed by atoms with van der Waals surface area (Å²) in [6.07, 6.45) is 3.85. The van der Waals surface area contributed by atoms with Gasteiger partial charge in [0.2, 0.25) is 0 Å². The fourth-order valence-corrected chi connectivity index (χ4v) is 2.85. The molecule has 0 saturated carbocycles. The van der Waals surface area contributed by atoms with Crippen LogP contribution in [0.3, 0.4) is 0 Å². The lowest BCUT2D eigenvalue weighted by molar-refractivity contribution is -0.385. The number of non-ortho nitro benzene ring substituents is 2. The fraction of sp³-hybridized carbons (Fsp3) is 0. The Morgan fingerprint density at radius 3 is 1.87 bits per heavy atom. The molecular formula is C22H14N2O6. The van der Waals surface area contributed by atoms with Crippen LogP contribution in [-0.4, -0.2) is 21.9 Å². The van der Waals surface area contributed by atoms with Crippen LogP contribution in [0.1, 0.15) is 37.4 Å². The van der Waals surface area contributed by atoms with E-state index in [0.717, 1.165) is 0 Å². The van der Waals surface area contributed by atoms with Crippen LogP contribution in [0.5, 0.6) is 0 Å². The van der Waals surface area contributed by atoms with Crippen LogP contribution in [0.25, 0.3) is 12.2 Å². The summed E-state index contributed by atoms with van der Waals surface area (Å²) in [6.45, 7) is 0.